The number of para-hydroxylation sites is 1. The molecule has 1 aromatic heterocycles. The Morgan fingerprint density at radius 3 is 2.21 bits per heavy atom. The van der Waals surface area contributed by atoms with Crippen LogP contribution in [0.25, 0.3) is 10.9 Å². The van der Waals surface area contributed by atoms with Gasteiger partial charge in [0.25, 0.3) is 0 Å². The minimum absolute atomic E-state index is 0.0340. The summed E-state index contributed by atoms with van der Waals surface area (Å²) >= 11 is 0. The van der Waals surface area contributed by atoms with E-state index in [0.717, 1.165) is 31.8 Å². The Morgan fingerprint density at radius 2 is 1.62 bits per heavy atom. The Hall–Kier alpha value is -1.61. The van der Waals surface area contributed by atoms with E-state index in [1.165, 1.54) is 22.3 Å². The van der Waals surface area contributed by atoms with Crippen LogP contribution in [-0.2, 0) is 15.6 Å². The summed E-state index contributed by atoms with van der Waals surface area (Å²) in [4.78, 5) is 7.53. The third kappa shape index (κ3) is 3.27. The van der Waals surface area contributed by atoms with Crippen molar-refractivity contribution in [2.24, 2.45) is 0 Å². The van der Waals surface area contributed by atoms with Crippen molar-refractivity contribution < 1.29 is 4.74 Å². The number of aromatic nitrogens is 1. The van der Waals surface area contributed by atoms with Crippen LogP contribution in [0, 0.1) is 0 Å². The van der Waals surface area contributed by atoms with E-state index in [4.69, 9.17) is 9.72 Å². The number of hydrogen-bond donors (Lipinski definition) is 0. The van der Waals surface area contributed by atoms with Gasteiger partial charge in [-0.2, -0.15) is 0 Å². The van der Waals surface area contributed by atoms with Crippen LogP contribution in [0.15, 0.2) is 24.3 Å². The molecule has 0 amide bonds. The third-order valence-electron chi connectivity index (χ3n) is 4.75. The first-order valence-corrected chi connectivity index (χ1v) is 8.95. The van der Waals surface area contributed by atoms with Crippen molar-refractivity contribution >= 4 is 16.6 Å². The van der Waals surface area contributed by atoms with E-state index < -0.39 is 0 Å². The van der Waals surface area contributed by atoms with Crippen molar-refractivity contribution in [3.05, 3.63) is 35.5 Å². The maximum Gasteiger partial charge on any atom is 0.0941 e. The summed E-state index contributed by atoms with van der Waals surface area (Å²) in [5.41, 5.74) is 5.05. The molecule has 3 nitrogen and oxygen atoms in total. The molecule has 3 heteroatoms. The van der Waals surface area contributed by atoms with Gasteiger partial charge in [-0.3, -0.25) is 4.98 Å². The molecule has 0 spiro atoms. The fourth-order valence-electron chi connectivity index (χ4n) is 3.30. The highest BCUT2D eigenvalue weighted by molar-refractivity contribution is 5.94. The van der Waals surface area contributed by atoms with Crippen LogP contribution in [0.5, 0.6) is 0 Å². The Balaban J connectivity index is 2.28. The number of hydrogen-bond acceptors (Lipinski definition) is 3. The van der Waals surface area contributed by atoms with E-state index >= 15 is 0 Å². The molecule has 1 aromatic carbocycles. The van der Waals surface area contributed by atoms with Crippen molar-refractivity contribution in [1.82, 2.24) is 4.98 Å². The molecule has 3 rings (SSSR count). The maximum absolute atomic E-state index is 5.53. The molecular formula is C21H30N2O. The predicted molar refractivity (Wildman–Crippen MR) is 102 cm³/mol. The Morgan fingerprint density at radius 1 is 0.958 bits per heavy atom. The fraction of sp³-hybridized carbons (Fsp3) is 0.571. The van der Waals surface area contributed by atoms with Crippen LogP contribution in [0.4, 0.5) is 5.69 Å². The zero-order valence-corrected chi connectivity index (χ0v) is 15.9. The summed E-state index contributed by atoms with van der Waals surface area (Å²) in [5, 5.41) is 1.28. The molecule has 1 aliphatic rings. The molecule has 0 atom stereocenters. The average molecular weight is 326 g/mol. The highest BCUT2D eigenvalue weighted by Crippen LogP contribution is 2.36. The van der Waals surface area contributed by atoms with E-state index in [1.54, 1.807) is 0 Å². The SMILES string of the molecule is CC(C)(C)c1cc(C(C)(C)C)c2cccc(N3CCOCC3)c2n1. The number of fused-ring (bicyclic) bond motifs is 1. The number of nitrogens with zero attached hydrogens (tertiary/aromatic N) is 2. The second-order valence-electron chi connectivity index (χ2n) is 8.83. The highest BCUT2D eigenvalue weighted by Gasteiger charge is 2.25. The van der Waals surface area contributed by atoms with Crippen LogP contribution in [0.1, 0.15) is 52.8 Å². The molecule has 1 saturated heterocycles. The van der Waals surface area contributed by atoms with Crippen LogP contribution >= 0.6 is 0 Å². The summed E-state index contributed by atoms with van der Waals surface area (Å²) in [6.07, 6.45) is 0. The topological polar surface area (TPSA) is 25.4 Å². The minimum atomic E-state index is 0.0340. The van der Waals surface area contributed by atoms with Gasteiger partial charge in [0.15, 0.2) is 0 Å². The van der Waals surface area contributed by atoms with Crippen molar-refractivity contribution in [2.45, 2.75) is 52.4 Å². The normalized spacial score (nSPS) is 16.7. The molecule has 0 aliphatic carbocycles. The number of morpholine rings is 1. The lowest BCUT2D eigenvalue weighted by Gasteiger charge is -2.31. The van der Waals surface area contributed by atoms with Gasteiger partial charge in [0, 0.05) is 29.6 Å². The zero-order valence-electron chi connectivity index (χ0n) is 15.9. The number of benzene rings is 1. The van der Waals surface area contributed by atoms with Crippen molar-refractivity contribution in [2.75, 3.05) is 31.2 Å². The maximum atomic E-state index is 5.53. The molecule has 0 saturated carbocycles. The van der Waals surface area contributed by atoms with E-state index in [1.807, 2.05) is 0 Å². The average Bonchev–Trinajstić information content (AvgIpc) is 2.52. The second kappa shape index (κ2) is 6.03. The van der Waals surface area contributed by atoms with Crippen LogP contribution in [-0.4, -0.2) is 31.3 Å². The Kier molecular flexibility index (Phi) is 4.33. The number of ether oxygens (including phenoxy) is 1. The monoisotopic (exact) mass is 326 g/mol. The molecule has 0 N–H and O–H groups in total. The van der Waals surface area contributed by atoms with E-state index in [-0.39, 0.29) is 10.8 Å². The number of rotatable bonds is 1. The molecule has 0 unspecified atom stereocenters. The lowest BCUT2D eigenvalue weighted by molar-refractivity contribution is 0.123. The van der Waals surface area contributed by atoms with Gasteiger partial charge in [0.05, 0.1) is 24.4 Å². The highest BCUT2D eigenvalue weighted by atomic mass is 16.5. The molecule has 2 aromatic rings. The van der Waals surface area contributed by atoms with E-state index in [0.29, 0.717) is 0 Å². The molecule has 0 radical (unpaired) electrons. The third-order valence-corrected chi connectivity index (χ3v) is 4.75. The van der Waals surface area contributed by atoms with E-state index in [2.05, 4.69) is 70.7 Å². The zero-order chi connectivity index (χ0) is 17.5. The molecule has 2 heterocycles. The summed E-state index contributed by atoms with van der Waals surface area (Å²) in [6, 6.07) is 8.91. The lowest BCUT2D eigenvalue weighted by Crippen LogP contribution is -2.36. The van der Waals surface area contributed by atoms with Gasteiger partial charge >= 0.3 is 0 Å². The van der Waals surface area contributed by atoms with Gasteiger partial charge in [-0.05, 0) is 23.1 Å². The molecule has 1 fully saturated rings. The van der Waals surface area contributed by atoms with Crippen LogP contribution in [0.2, 0.25) is 0 Å². The Bertz CT molecular complexity index is 732. The summed E-state index contributed by atoms with van der Waals surface area (Å²) < 4.78 is 5.53. The first-order chi connectivity index (χ1) is 11.2. The van der Waals surface area contributed by atoms with Gasteiger partial charge in [-0.15, -0.1) is 0 Å². The van der Waals surface area contributed by atoms with Gasteiger partial charge in [0.2, 0.25) is 0 Å². The number of anilines is 1. The summed E-state index contributed by atoms with van der Waals surface area (Å²) in [6.45, 7) is 17.0. The molecule has 24 heavy (non-hydrogen) atoms. The standard InChI is InChI=1S/C21H30N2O/c1-20(2,3)16-14-18(21(4,5)6)22-19-15(16)8-7-9-17(19)23-10-12-24-13-11-23/h7-9,14H,10-13H2,1-6H3. The minimum Gasteiger partial charge on any atom is -0.378 e. The summed E-state index contributed by atoms with van der Waals surface area (Å²) in [5.74, 6) is 0. The molecule has 1 aliphatic heterocycles. The fourth-order valence-corrected chi connectivity index (χ4v) is 3.30. The molecule has 0 bridgehead atoms. The van der Waals surface area contributed by atoms with Crippen molar-refractivity contribution in [3.63, 3.8) is 0 Å². The first kappa shape index (κ1) is 17.2. The second-order valence-corrected chi connectivity index (χ2v) is 8.83. The van der Waals surface area contributed by atoms with Crippen LogP contribution in [0.3, 0.4) is 0 Å². The molecular weight excluding hydrogens is 296 g/mol. The Labute approximate surface area is 146 Å². The summed E-state index contributed by atoms with van der Waals surface area (Å²) in [7, 11) is 0. The van der Waals surface area contributed by atoms with Gasteiger partial charge < -0.3 is 9.64 Å². The lowest BCUT2D eigenvalue weighted by atomic mass is 9.81. The quantitative estimate of drug-likeness (QED) is 0.761. The van der Waals surface area contributed by atoms with E-state index in [9.17, 15) is 0 Å². The first-order valence-electron chi connectivity index (χ1n) is 8.95. The molecule has 130 valence electrons. The van der Waals surface area contributed by atoms with Gasteiger partial charge in [-0.1, -0.05) is 53.7 Å². The largest absolute Gasteiger partial charge is 0.378 e. The number of pyridine rings is 1. The predicted octanol–water partition coefficient (Wildman–Crippen LogP) is 4.67. The van der Waals surface area contributed by atoms with Gasteiger partial charge in [-0.25, -0.2) is 0 Å². The van der Waals surface area contributed by atoms with Crippen molar-refractivity contribution in [1.29, 1.82) is 0 Å². The van der Waals surface area contributed by atoms with Crippen LogP contribution < -0.4 is 4.90 Å². The van der Waals surface area contributed by atoms with Gasteiger partial charge in [0.1, 0.15) is 0 Å². The van der Waals surface area contributed by atoms with Crippen molar-refractivity contribution in [3.8, 4) is 0 Å². The smallest absolute Gasteiger partial charge is 0.0941 e.